The molecule has 0 unspecified atom stereocenters. The summed E-state index contributed by atoms with van der Waals surface area (Å²) in [5.74, 6) is 0.664. The third kappa shape index (κ3) is 10.5. The van der Waals surface area contributed by atoms with Crippen LogP contribution in [0.5, 0.6) is 0 Å². The van der Waals surface area contributed by atoms with Crippen LogP contribution in [-0.2, 0) is 13.3 Å². The van der Waals surface area contributed by atoms with Gasteiger partial charge in [-0.05, 0) is 93.4 Å². The Bertz CT molecular complexity index is 1770. The van der Waals surface area contributed by atoms with Gasteiger partial charge in [-0.3, -0.25) is 4.79 Å². The number of hydrogen-bond acceptors (Lipinski definition) is 9. The minimum absolute atomic E-state index is 0.0530. The summed E-state index contributed by atoms with van der Waals surface area (Å²) in [5, 5.41) is 6.30. The standard InChI is InChI=1S/C45H75ClN4O4SSi3/c1-28(2)57(29(3)4,30(5)6)53-39-23-36(21-34(39)25-52-56(16,17)45(13,14)15)49-44-37(24-47-27-48-44)42(51)40-22-35(26-55-40)43(38-19-18-20-41(46)50-38)54-58(31(7)8,32(9)10)33(11)12/h18-20,22,24,26-34,36,39,43H,21,23,25H2,1-17H3,(H,47,48,49)/t34-,36-,39+,43-/m1/s1. The van der Waals surface area contributed by atoms with Crippen LogP contribution in [0.25, 0.3) is 0 Å². The van der Waals surface area contributed by atoms with Gasteiger partial charge >= 0.3 is 0 Å². The van der Waals surface area contributed by atoms with Crippen LogP contribution in [-0.4, -0.2) is 64.4 Å². The van der Waals surface area contributed by atoms with Crippen LogP contribution in [0, 0.1) is 5.92 Å². The molecule has 1 saturated carbocycles. The molecule has 58 heavy (non-hydrogen) atoms. The van der Waals surface area contributed by atoms with Crippen molar-refractivity contribution in [3.05, 3.63) is 69.0 Å². The number of carbonyl (C=O) groups excluding carboxylic acids is 1. The number of rotatable bonds is 19. The van der Waals surface area contributed by atoms with Crippen molar-refractivity contribution in [1.29, 1.82) is 0 Å². The lowest BCUT2D eigenvalue weighted by atomic mass is 10.1. The zero-order chi connectivity index (χ0) is 43.5. The molecule has 3 heterocycles. The van der Waals surface area contributed by atoms with Crippen molar-refractivity contribution in [3.63, 3.8) is 0 Å². The van der Waals surface area contributed by atoms with E-state index in [0.717, 1.165) is 24.1 Å². The summed E-state index contributed by atoms with van der Waals surface area (Å²) >= 11 is 7.89. The predicted octanol–water partition coefficient (Wildman–Crippen LogP) is 13.9. The van der Waals surface area contributed by atoms with Crippen molar-refractivity contribution in [3.8, 4) is 0 Å². The maximum atomic E-state index is 14.5. The number of nitrogens with zero attached hydrogens (tertiary/aromatic N) is 3. The van der Waals surface area contributed by atoms with Crippen LogP contribution in [0.4, 0.5) is 5.82 Å². The van der Waals surface area contributed by atoms with Crippen molar-refractivity contribution in [1.82, 2.24) is 15.0 Å². The smallest absolute Gasteiger partial charge is 0.208 e. The minimum Gasteiger partial charge on any atom is -0.416 e. The van der Waals surface area contributed by atoms with E-state index in [-0.39, 0.29) is 28.9 Å². The summed E-state index contributed by atoms with van der Waals surface area (Å²) < 4.78 is 21.8. The molecule has 1 aliphatic carbocycles. The first-order valence-electron chi connectivity index (χ1n) is 21.7. The maximum Gasteiger partial charge on any atom is 0.208 e. The van der Waals surface area contributed by atoms with E-state index in [9.17, 15) is 4.79 Å². The molecule has 4 atom stereocenters. The normalized spacial score (nSPS) is 19.1. The molecule has 0 aliphatic heterocycles. The van der Waals surface area contributed by atoms with Crippen molar-refractivity contribution in [2.45, 2.75) is 186 Å². The van der Waals surface area contributed by atoms with E-state index in [0.29, 0.717) is 61.3 Å². The molecule has 0 amide bonds. The number of anilines is 1. The Balaban J connectivity index is 1.67. The van der Waals surface area contributed by atoms with Crippen molar-refractivity contribution < 1.29 is 18.1 Å². The first-order valence-corrected chi connectivity index (χ1v) is 30.1. The lowest BCUT2D eigenvalue weighted by Crippen LogP contribution is -2.51. The average molecular weight is 888 g/mol. The second kappa shape index (κ2) is 19.5. The Morgan fingerprint density at radius 2 is 1.48 bits per heavy atom. The number of aromatic nitrogens is 3. The summed E-state index contributed by atoms with van der Waals surface area (Å²) in [6, 6.07) is 7.71. The Morgan fingerprint density at radius 1 is 0.897 bits per heavy atom. The lowest BCUT2D eigenvalue weighted by Gasteiger charge is -2.45. The molecule has 3 aromatic rings. The Morgan fingerprint density at radius 3 is 2.02 bits per heavy atom. The average Bonchev–Trinajstić information content (AvgIpc) is 3.76. The molecule has 1 N–H and O–H groups in total. The number of thiophene rings is 1. The zero-order valence-electron chi connectivity index (χ0n) is 38.7. The van der Waals surface area contributed by atoms with Crippen molar-refractivity contribution in [2.24, 2.45) is 5.92 Å². The first kappa shape index (κ1) is 48.9. The molecule has 0 spiro atoms. The molecular formula is C45H75ClN4O4SSi3. The minimum atomic E-state index is -2.37. The number of hydrogen-bond donors (Lipinski definition) is 1. The molecule has 1 aliphatic rings. The van der Waals surface area contributed by atoms with Crippen LogP contribution in [0.1, 0.15) is 149 Å². The monoisotopic (exact) mass is 886 g/mol. The summed E-state index contributed by atoms with van der Waals surface area (Å²) in [6.07, 6.45) is 4.46. The van der Waals surface area contributed by atoms with E-state index in [4.69, 9.17) is 29.9 Å². The fraction of sp³-hybridized carbons (Fsp3) is 0.689. The summed E-state index contributed by atoms with van der Waals surface area (Å²) in [4.78, 5) is 28.9. The van der Waals surface area contributed by atoms with Crippen LogP contribution in [0.2, 0.25) is 56.5 Å². The third-order valence-electron chi connectivity index (χ3n) is 13.6. The van der Waals surface area contributed by atoms with Gasteiger partial charge in [0.05, 0.1) is 22.2 Å². The number of pyridine rings is 1. The molecule has 8 nitrogen and oxygen atoms in total. The number of ketones is 1. The highest BCUT2D eigenvalue weighted by molar-refractivity contribution is 7.12. The summed E-state index contributed by atoms with van der Waals surface area (Å²) in [7, 11) is -6.54. The number of nitrogens with one attached hydrogen (secondary N) is 1. The van der Waals surface area contributed by atoms with Crippen LogP contribution in [0.15, 0.2) is 42.2 Å². The van der Waals surface area contributed by atoms with E-state index >= 15 is 0 Å². The second-order valence-electron chi connectivity index (χ2n) is 20.2. The van der Waals surface area contributed by atoms with Gasteiger partial charge in [0, 0.05) is 24.8 Å². The van der Waals surface area contributed by atoms with Gasteiger partial charge in [0.2, 0.25) is 22.4 Å². The first-order chi connectivity index (χ1) is 26.9. The Kier molecular flexibility index (Phi) is 16.4. The second-order valence-corrected chi connectivity index (χ2v) is 37.1. The van der Waals surface area contributed by atoms with Crippen LogP contribution < -0.4 is 5.32 Å². The summed E-state index contributed by atoms with van der Waals surface area (Å²) in [5.41, 5.74) is 4.62. The van der Waals surface area contributed by atoms with Crippen molar-refractivity contribution in [2.75, 3.05) is 11.9 Å². The van der Waals surface area contributed by atoms with Gasteiger partial charge < -0.3 is 18.6 Å². The van der Waals surface area contributed by atoms with E-state index < -0.39 is 31.1 Å². The Labute approximate surface area is 363 Å². The van der Waals surface area contributed by atoms with Gasteiger partial charge in [-0.15, -0.1) is 11.3 Å². The van der Waals surface area contributed by atoms with E-state index in [2.05, 4.69) is 132 Å². The third-order valence-corrected chi connectivity index (χ3v) is 31.5. The van der Waals surface area contributed by atoms with Gasteiger partial charge in [-0.1, -0.05) is 122 Å². The highest BCUT2D eigenvalue weighted by atomic mass is 35.5. The predicted molar refractivity (Wildman–Crippen MR) is 252 cm³/mol. The van der Waals surface area contributed by atoms with Gasteiger partial charge in [0.15, 0.2) is 8.32 Å². The zero-order valence-corrected chi connectivity index (χ0v) is 43.3. The molecular weight excluding hydrogens is 812 g/mol. The topological polar surface area (TPSA) is 95.5 Å². The van der Waals surface area contributed by atoms with Crippen LogP contribution >= 0.6 is 22.9 Å². The fourth-order valence-corrected chi connectivity index (χ4v) is 23.0. The van der Waals surface area contributed by atoms with E-state index in [1.54, 1.807) is 12.3 Å². The molecule has 13 heteroatoms. The molecule has 0 saturated heterocycles. The van der Waals surface area contributed by atoms with Gasteiger partial charge in [0.25, 0.3) is 0 Å². The van der Waals surface area contributed by atoms with Crippen molar-refractivity contribution >= 4 is 59.5 Å². The number of carbonyl (C=O) groups is 1. The molecule has 1 fully saturated rings. The molecule has 324 valence electrons. The van der Waals surface area contributed by atoms with Gasteiger partial charge in [-0.2, -0.15) is 0 Å². The lowest BCUT2D eigenvalue weighted by molar-refractivity contribution is 0.0971. The summed E-state index contributed by atoms with van der Waals surface area (Å²) in [6.45, 7) is 40.0. The van der Waals surface area contributed by atoms with E-state index in [1.165, 1.54) is 17.7 Å². The quantitative estimate of drug-likeness (QED) is 0.0722. The molecule has 3 aromatic heterocycles. The van der Waals surface area contributed by atoms with Gasteiger partial charge in [0.1, 0.15) is 23.4 Å². The molecule has 0 radical (unpaired) electrons. The fourth-order valence-electron chi connectivity index (χ4n) is 9.75. The highest BCUT2D eigenvalue weighted by Crippen LogP contribution is 2.48. The molecule has 0 bridgehead atoms. The highest BCUT2D eigenvalue weighted by Gasteiger charge is 2.51. The van der Waals surface area contributed by atoms with E-state index in [1.807, 2.05) is 23.6 Å². The largest absolute Gasteiger partial charge is 0.416 e. The molecule has 4 rings (SSSR count). The number of halogens is 1. The Hall–Kier alpha value is -1.78. The maximum absolute atomic E-state index is 14.5. The SMILES string of the molecule is CC(C)[Si](O[C@H](c1csc(C(=O)c2cncnc2N[C@@H]2C[C@H](CO[Si](C)(C)C(C)(C)C)[C@@H](O[Si](C(C)C)(C(C)C)C(C)C)C2)c1)c1cccc(Cl)n1)(C(C)C)C(C)C. The molecule has 0 aromatic carbocycles. The van der Waals surface area contributed by atoms with Gasteiger partial charge in [-0.25, -0.2) is 15.0 Å². The van der Waals surface area contributed by atoms with Crippen LogP contribution in [0.3, 0.4) is 0 Å².